The highest BCUT2D eigenvalue weighted by Gasteiger charge is 2.34. The molecule has 48 heavy (non-hydrogen) atoms. The molecule has 0 radical (unpaired) electrons. The van der Waals surface area contributed by atoms with Crippen LogP contribution in [0, 0.1) is 22.7 Å². The number of halogens is 2. The molecule has 2 nitrogen and oxygen atoms in total. The summed E-state index contributed by atoms with van der Waals surface area (Å²) in [5, 5.41) is 2.81. The quantitative estimate of drug-likeness (QED) is 0.170. The maximum atomic E-state index is 3.77. The minimum absolute atomic E-state index is 0.318. The molecule has 246 valence electrons. The molecule has 2 aliphatic carbocycles. The molecule has 4 aromatic carbocycles. The van der Waals surface area contributed by atoms with Crippen molar-refractivity contribution in [3.63, 3.8) is 0 Å². The summed E-state index contributed by atoms with van der Waals surface area (Å²) in [4.78, 5) is 0. The van der Waals surface area contributed by atoms with Crippen molar-refractivity contribution in [1.82, 2.24) is 9.13 Å². The minimum atomic E-state index is 0.318. The van der Waals surface area contributed by atoms with Gasteiger partial charge in [0.25, 0.3) is 0 Å². The van der Waals surface area contributed by atoms with Crippen molar-refractivity contribution in [1.29, 1.82) is 0 Å². The lowest BCUT2D eigenvalue weighted by Gasteiger charge is -2.34. The summed E-state index contributed by atoms with van der Waals surface area (Å²) in [6, 6.07) is 32.1. The van der Waals surface area contributed by atoms with E-state index >= 15 is 0 Å². The number of nitrogens with zero attached hydrogens (tertiary/aromatic N) is 2. The van der Waals surface area contributed by atoms with Crippen LogP contribution in [0.4, 0.5) is 0 Å². The molecule has 2 unspecified atom stereocenters. The molecule has 8 rings (SSSR count). The Labute approximate surface area is 302 Å². The molecule has 2 heterocycles. The van der Waals surface area contributed by atoms with E-state index in [-0.39, 0.29) is 0 Å². The summed E-state index contributed by atoms with van der Waals surface area (Å²) in [7, 11) is 0. The Hall–Kier alpha value is -3.08. The number of hydrogen-bond donors (Lipinski definition) is 0. The van der Waals surface area contributed by atoms with Gasteiger partial charge in [-0.25, -0.2) is 0 Å². The summed E-state index contributed by atoms with van der Waals surface area (Å²) >= 11 is 7.54. The lowest BCUT2D eigenvalue weighted by atomic mass is 9.71. The van der Waals surface area contributed by atoms with Gasteiger partial charge in [-0.3, -0.25) is 0 Å². The van der Waals surface area contributed by atoms with Crippen LogP contribution in [0.15, 0.2) is 93.9 Å². The van der Waals surface area contributed by atoms with E-state index in [0.29, 0.717) is 22.7 Å². The van der Waals surface area contributed by atoms with Crippen LogP contribution >= 0.6 is 31.9 Å². The van der Waals surface area contributed by atoms with Crippen LogP contribution in [0.5, 0.6) is 0 Å². The van der Waals surface area contributed by atoms with Gasteiger partial charge >= 0.3 is 0 Å². The lowest BCUT2D eigenvalue weighted by Crippen LogP contribution is -2.27. The van der Waals surface area contributed by atoms with Gasteiger partial charge in [-0.05, 0) is 132 Å². The van der Waals surface area contributed by atoms with Gasteiger partial charge < -0.3 is 9.13 Å². The number of benzene rings is 4. The first-order chi connectivity index (χ1) is 22.9. The predicted octanol–water partition coefficient (Wildman–Crippen LogP) is 13.1. The number of rotatable bonds is 3. The highest BCUT2D eigenvalue weighted by Crippen LogP contribution is 2.44. The second kappa shape index (κ2) is 11.8. The van der Waals surface area contributed by atoms with Crippen molar-refractivity contribution in [3.05, 3.63) is 116 Å². The summed E-state index contributed by atoms with van der Waals surface area (Å²) in [5.41, 5.74) is 14.3. The Morgan fingerprint density at radius 2 is 0.896 bits per heavy atom. The van der Waals surface area contributed by atoms with Gasteiger partial charge in [0, 0.05) is 42.5 Å². The van der Waals surface area contributed by atoms with Crippen molar-refractivity contribution in [2.45, 2.75) is 80.1 Å². The molecule has 0 spiro atoms. The van der Waals surface area contributed by atoms with Crippen molar-refractivity contribution in [2.75, 3.05) is 0 Å². The Kier molecular flexibility index (Phi) is 7.88. The zero-order valence-electron chi connectivity index (χ0n) is 29.1. The van der Waals surface area contributed by atoms with Gasteiger partial charge in [-0.15, -0.1) is 0 Å². The average Bonchev–Trinajstić information content (AvgIpc) is 3.55. The van der Waals surface area contributed by atoms with Crippen LogP contribution in [0.3, 0.4) is 0 Å². The second-order valence-corrected chi connectivity index (χ2v) is 18.4. The second-order valence-electron chi connectivity index (χ2n) is 16.5. The standard InChI is InChI=1S/C44H46Br2N2/c1-43(2,3)29-11-21-39-37(23-29)35-19-13-31(45)25-41(35)47(39)33-15-7-27(8-16-33)28-9-17-34(18-10-28)48-40-22-12-30(44(4,5)6)24-38(40)36-20-14-32(46)26-42(36)48/h7-10,13-20,25-26,29-30H,11-12,21-24H2,1-6H3. The molecule has 0 amide bonds. The largest absolute Gasteiger partial charge is 0.313 e. The number of aromatic nitrogens is 2. The van der Waals surface area contributed by atoms with E-state index in [9.17, 15) is 0 Å². The van der Waals surface area contributed by atoms with Crippen molar-refractivity contribution in [2.24, 2.45) is 22.7 Å². The average molecular weight is 763 g/mol. The molecule has 2 aromatic heterocycles. The Balaban J connectivity index is 1.13. The maximum Gasteiger partial charge on any atom is 0.0545 e. The molecule has 0 saturated heterocycles. The van der Waals surface area contributed by atoms with Gasteiger partial charge in [0.2, 0.25) is 0 Å². The highest BCUT2D eigenvalue weighted by molar-refractivity contribution is 9.10. The lowest BCUT2D eigenvalue weighted by molar-refractivity contribution is 0.215. The van der Waals surface area contributed by atoms with Crippen LogP contribution in [0.25, 0.3) is 44.3 Å². The third-order valence-electron chi connectivity index (χ3n) is 11.7. The molecular weight excluding hydrogens is 716 g/mol. The third kappa shape index (κ3) is 5.52. The third-order valence-corrected chi connectivity index (χ3v) is 12.7. The SMILES string of the molecule is CC(C)(C)C1CCc2c(c3ccc(Br)cc3n2-c2ccc(-c3ccc(-n4c5c(c6ccc(Br)cc64)CC(C(C)(C)C)CC5)cc3)cc2)C1. The van der Waals surface area contributed by atoms with Gasteiger partial charge in [-0.2, -0.15) is 0 Å². The van der Waals surface area contributed by atoms with E-state index in [1.165, 1.54) is 68.5 Å². The first kappa shape index (κ1) is 32.1. The molecule has 0 N–H and O–H groups in total. The van der Waals surface area contributed by atoms with E-state index in [2.05, 4.69) is 167 Å². The molecular formula is C44H46Br2N2. The fourth-order valence-corrected chi connectivity index (χ4v) is 9.43. The zero-order chi connectivity index (χ0) is 33.5. The van der Waals surface area contributed by atoms with Crippen molar-refractivity contribution < 1.29 is 0 Å². The fraction of sp³-hybridized carbons (Fsp3) is 0.364. The van der Waals surface area contributed by atoms with Crippen LogP contribution in [0.2, 0.25) is 0 Å². The maximum absolute atomic E-state index is 3.77. The van der Waals surface area contributed by atoms with E-state index in [1.807, 2.05) is 0 Å². The van der Waals surface area contributed by atoms with Gasteiger partial charge in [-0.1, -0.05) is 110 Å². The molecule has 2 atom stereocenters. The molecule has 0 fully saturated rings. The van der Waals surface area contributed by atoms with E-state index in [4.69, 9.17) is 0 Å². The summed E-state index contributed by atoms with van der Waals surface area (Å²) in [6.07, 6.45) is 7.04. The van der Waals surface area contributed by atoms with Crippen molar-refractivity contribution in [3.8, 4) is 22.5 Å². The van der Waals surface area contributed by atoms with Crippen LogP contribution in [-0.2, 0) is 25.7 Å². The molecule has 0 aliphatic heterocycles. The smallest absolute Gasteiger partial charge is 0.0545 e. The van der Waals surface area contributed by atoms with E-state index in [1.54, 1.807) is 11.1 Å². The van der Waals surface area contributed by atoms with Crippen LogP contribution in [0.1, 0.15) is 76.9 Å². The van der Waals surface area contributed by atoms with E-state index in [0.717, 1.165) is 34.6 Å². The minimum Gasteiger partial charge on any atom is -0.313 e. The molecule has 4 heteroatoms. The number of hydrogen-bond acceptors (Lipinski definition) is 0. The van der Waals surface area contributed by atoms with E-state index < -0.39 is 0 Å². The Bertz CT molecular complexity index is 2010. The monoisotopic (exact) mass is 760 g/mol. The van der Waals surface area contributed by atoms with Gasteiger partial charge in [0.05, 0.1) is 11.0 Å². The zero-order valence-corrected chi connectivity index (χ0v) is 32.3. The molecule has 0 bridgehead atoms. The predicted molar refractivity (Wildman–Crippen MR) is 211 cm³/mol. The summed E-state index contributed by atoms with van der Waals surface area (Å²) in [6.45, 7) is 14.4. The fourth-order valence-electron chi connectivity index (χ4n) is 8.74. The molecule has 2 aliphatic rings. The normalized spacial score (nSPS) is 18.3. The number of fused-ring (bicyclic) bond motifs is 6. The molecule has 6 aromatic rings. The first-order valence-corrected chi connectivity index (χ1v) is 19.3. The summed E-state index contributed by atoms with van der Waals surface area (Å²) < 4.78 is 7.33. The Morgan fingerprint density at radius 3 is 1.25 bits per heavy atom. The van der Waals surface area contributed by atoms with Crippen LogP contribution < -0.4 is 0 Å². The van der Waals surface area contributed by atoms with Crippen LogP contribution in [-0.4, -0.2) is 9.13 Å². The van der Waals surface area contributed by atoms with Gasteiger partial charge in [0.1, 0.15) is 0 Å². The highest BCUT2D eigenvalue weighted by atomic mass is 79.9. The Morgan fingerprint density at radius 1 is 0.521 bits per heavy atom. The topological polar surface area (TPSA) is 9.86 Å². The van der Waals surface area contributed by atoms with Crippen molar-refractivity contribution >= 4 is 53.7 Å². The van der Waals surface area contributed by atoms with Gasteiger partial charge in [0.15, 0.2) is 0 Å². The summed E-state index contributed by atoms with van der Waals surface area (Å²) in [5.74, 6) is 1.41. The first-order valence-electron chi connectivity index (χ1n) is 17.7. The molecule has 0 saturated carbocycles.